The van der Waals surface area contributed by atoms with Crippen LogP contribution >= 0.6 is 0 Å². The van der Waals surface area contributed by atoms with E-state index in [-0.39, 0.29) is 0 Å². The fraction of sp³-hybridized carbons (Fsp3) is 0.500. The Hall–Kier alpha value is -0.980. The molecular formula is C12H18O. The lowest BCUT2D eigenvalue weighted by atomic mass is 10.0. The number of methoxy groups -OCH3 is 1. The van der Waals surface area contributed by atoms with Crippen LogP contribution in [0.1, 0.15) is 37.8 Å². The second kappa shape index (κ2) is 4.31. The van der Waals surface area contributed by atoms with Gasteiger partial charge in [-0.3, -0.25) is 0 Å². The largest absolute Gasteiger partial charge is 0.496 e. The highest BCUT2D eigenvalue weighted by Gasteiger charge is 2.04. The van der Waals surface area contributed by atoms with E-state index in [1.165, 1.54) is 11.1 Å². The standard InChI is InChI=1S/C12H18O/c1-5-10-6-7-11(9(2)3)8-12(10)13-4/h6-9H,5H2,1-4H3. The van der Waals surface area contributed by atoms with Gasteiger partial charge in [0.25, 0.3) is 0 Å². The molecular weight excluding hydrogens is 160 g/mol. The number of ether oxygens (including phenoxy) is 1. The maximum absolute atomic E-state index is 5.33. The summed E-state index contributed by atoms with van der Waals surface area (Å²) in [5.74, 6) is 1.59. The molecule has 0 bridgehead atoms. The summed E-state index contributed by atoms with van der Waals surface area (Å²) < 4.78 is 5.33. The lowest BCUT2D eigenvalue weighted by Gasteiger charge is -2.11. The van der Waals surface area contributed by atoms with Crippen LogP contribution in [0, 0.1) is 0 Å². The zero-order valence-corrected chi connectivity index (χ0v) is 8.92. The monoisotopic (exact) mass is 178 g/mol. The van der Waals surface area contributed by atoms with Gasteiger partial charge in [0.2, 0.25) is 0 Å². The van der Waals surface area contributed by atoms with Crippen LogP contribution in [0.3, 0.4) is 0 Å². The van der Waals surface area contributed by atoms with Gasteiger partial charge in [-0.1, -0.05) is 32.9 Å². The zero-order chi connectivity index (χ0) is 9.84. The van der Waals surface area contributed by atoms with E-state index in [1.54, 1.807) is 7.11 Å². The minimum absolute atomic E-state index is 0.569. The average molecular weight is 178 g/mol. The van der Waals surface area contributed by atoms with Crippen molar-refractivity contribution in [2.75, 3.05) is 7.11 Å². The van der Waals surface area contributed by atoms with Crippen molar-refractivity contribution in [2.45, 2.75) is 33.1 Å². The van der Waals surface area contributed by atoms with Gasteiger partial charge in [-0.15, -0.1) is 0 Å². The molecule has 1 nitrogen and oxygen atoms in total. The van der Waals surface area contributed by atoms with Crippen LogP contribution in [0.15, 0.2) is 18.2 Å². The molecule has 0 atom stereocenters. The molecule has 0 saturated carbocycles. The Morgan fingerprint density at radius 2 is 2.00 bits per heavy atom. The molecule has 0 unspecified atom stereocenters. The summed E-state index contributed by atoms with van der Waals surface area (Å²) in [5.41, 5.74) is 2.63. The van der Waals surface area contributed by atoms with E-state index in [0.29, 0.717) is 5.92 Å². The van der Waals surface area contributed by atoms with E-state index in [4.69, 9.17) is 4.74 Å². The predicted octanol–water partition coefficient (Wildman–Crippen LogP) is 3.38. The first-order valence-corrected chi connectivity index (χ1v) is 4.85. The van der Waals surface area contributed by atoms with E-state index in [0.717, 1.165) is 12.2 Å². The van der Waals surface area contributed by atoms with E-state index >= 15 is 0 Å². The summed E-state index contributed by atoms with van der Waals surface area (Å²) in [6.07, 6.45) is 1.03. The number of hydrogen-bond donors (Lipinski definition) is 0. The van der Waals surface area contributed by atoms with Gasteiger partial charge in [-0.05, 0) is 29.5 Å². The highest BCUT2D eigenvalue weighted by Crippen LogP contribution is 2.24. The zero-order valence-electron chi connectivity index (χ0n) is 8.92. The number of hydrogen-bond acceptors (Lipinski definition) is 1. The number of benzene rings is 1. The Morgan fingerprint density at radius 1 is 1.31 bits per heavy atom. The molecule has 0 N–H and O–H groups in total. The third-order valence-electron chi connectivity index (χ3n) is 2.36. The number of rotatable bonds is 3. The van der Waals surface area contributed by atoms with Crippen molar-refractivity contribution < 1.29 is 4.74 Å². The van der Waals surface area contributed by atoms with Crippen molar-refractivity contribution in [1.29, 1.82) is 0 Å². The minimum Gasteiger partial charge on any atom is -0.496 e. The van der Waals surface area contributed by atoms with E-state index in [9.17, 15) is 0 Å². The van der Waals surface area contributed by atoms with Gasteiger partial charge in [0, 0.05) is 0 Å². The summed E-state index contributed by atoms with van der Waals surface area (Å²) in [4.78, 5) is 0. The topological polar surface area (TPSA) is 9.23 Å². The van der Waals surface area contributed by atoms with Crippen molar-refractivity contribution in [3.05, 3.63) is 29.3 Å². The highest BCUT2D eigenvalue weighted by molar-refractivity contribution is 5.38. The molecule has 0 saturated heterocycles. The van der Waals surface area contributed by atoms with Crippen molar-refractivity contribution in [1.82, 2.24) is 0 Å². The second-order valence-electron chi connectivity index (χ2n) is 3.58. The molecule has 1 rings (SSSR count). The normalized spacial score (nSPS) is 10.5. The molecule has 1 heteroatoms. The lowest BCUT2D eigenvalue weighted by Crippen LogP contribution is -1.94. The highest BCUT2D eigenvalue weighted by atomic mass is 16.5. The smallest absolute Gasteiger partial charge is 0.122 e. The van der Waals surface area contributed by atoms with E-state index in [1.807, 2.05) is 0 Å². The Morgan fingerprint density at radius 3 is 2.46 bits per heavy atom. The van der Waals surface area contributed by atoms with Crippen LogP contribution in [0.4, 0.5) is 0 Å². The van der Waals surface area contributed by atoms with Crippen molar-refractivity contribution >= 4 is 0 Å². The van der Waals surface area contributed by atoms with Crippen LogP contribution < -0.4 is 4.74 Å². The molecule has 0 amide bonds. The Balaban J connectivity index is 3.05. The molecule has 0 radical (unpaired) electrons. The van der Waals surface area contributed by atoms with Crippen molar-refractivity contribution in [3.8, 4) is 5.75 Å². The maximum Gasteiger partial charge on any atom is 0.122 e. The first-order valence-electron chi connectivity index (χ1n) is 4.85. The summed E-state index contributed by atoms with van der Waals surface area (Å²) >= 11 is 0. The van der Waals surface area contributed by atoms with E-state index in [2.05, 4.69) is 39.0 Å². The molecule has 13 heavy (non-hydrogen) atoms. The van der Waals surface area contributed by atoms with Gasteiger partial charge < -0.3 is 4.74 Å². The third kappa shape index (κ3) is 2.24. The molecule has 1 aromatic carbocycles. The fourth-order valence-corrected chi connectivity index (χ4v) is 1.41. The summed E-state index contributed by atoms with van der Waals surface area (Å²) in [5, 5.41) is 0. The van der Waals surface area contributed by atoms with Crippen LogP contribution in [0.2, 0.25) is 0 Å². The van der Waals surface area contributed by atoms with Crippen LogP contribution in [-0.4, -0.2) is 7.11 Å². The minimum atomic E-state index is 0.569. The summed E-state index contributed by atoms with van der Waals surface area (Å²) in [6, 6.07) is 6.49. The van der Waals surface area contributed by atoms with Crippen LogP contribution in [0.25, 0.3) is 0 Å². The maximum atomic E-state index is 5.33. The predicted molar refractivity (Wildman–Crippen MR) is 56.5 cm³/mol. The van der Waals surface area contributed by atoms with Crippen LogP contribution in [-0.2, 0) is 6.42 Å². The molecule has 0 heterocycles. The number of aryl methyl sites for hydroxylation is 1. The van der Waals surface area contributed by atoms with Gasteiger partial charge in [-0.25, -0.2) is 0 Å². The van der Waals surface area contributed by atoms with Crippen LogP contribution in [0.5, 0.6) is 5.75 Å². The molecule has 0 spiro atoms. The summed E-state index contributed by atoms with van der Waals surface area (Å²) in [6.45, 7) is 6.54. The Kier molecular flexibility index (Phi) is 3.35. The van der Waals surface area contributed by atoms with Gasteiger partial charge in [-0.2, -0.15) is 0 Å². The van der Waals surface area contributed by atoms with Gasteiger partial charge in [0.1, 0.15) is 5.75 Å². The van der Waals surface area contributed by atoms with Gasteiger partial charge >= 0.3 is 0 Å². The SMILES string of the molecule is CCc1ccc(C(C)C)cc1OC. The molecule has 0 aromatic heterocycles. The van der Waals surface area contributed by atoms with Crippen molar-refractivity contribution in [2.24, 2.45) is 0 Å². The van der Waals surface area contributed by atoms with E-state index < -0.39 is 0 Å². The molecule has 0 aliphatic heterocycles. The third-order valence-corrected chi connectivity index (χ3v) is 2.36. The molecule has 1 aromatic rings. The molecule has 0 aliphatic rings. The molecule has 72 valence electrons. The van der Waals surface area contributed by atoms with Gasteiger partial charge in [0.05, 0.1) is 7.11 Å². The Bertz CT molecular complexity index is 276. The van der Waals surface area contributed by atoms with Crippen molar-refractivity contribution in [3.63, 3.8) is 0 Å². The molecule has 0 aliphatic carbocycles. The summed E-state index contributed by atoms with van der Waals surface area (Å²) in [7, 11) is 1.73. The first kappa shape index (κ1) is 10.1. The quantitative estimate of drug-likeness (QED) is 0.689. The second-order valence-corrected chi connectivity index (χ2v) is 3.58. The lowest BCUT2D eigenvalue weighted by molar-refractivity contribution is 0.409. The molecule has 0 fully saturated rings. The Labute approximate surface area is 80.7 Å². The van der Waals surface area contributed by atoms with Gasteiger partial charge in [0.15, 0.2) is 0 Å². The fourth-order valence-electron chi connectivity index (χ4n) is 1.41. The first-order chi connectivity index (χ1) is 6.19. The average Bonchev–Trinajstić information content (AvgIpc) is 2.16.